The Labute approximate surface area is 130 Å². The van der Waals surface area contributed by atoms with E-state index in [0.29, 0.717) is 5.75 Å². The third-order valence-corrected chi connectivity index (χ3v) is 6.47. The third kappa shape index (κ3) is 3.37. The SMILES string of the molecule is Cc1c(C)c2c(c(C)c1O)CC[C@](C)(CC[P+](C)(C)C)O2. The van der Waals surface area contributed by atoms with Gasteiger partial charge >= 0.3 is 0 Å². The number of phenols is 1. The lowest BCUT2D eigenvalue weighted by atomic mass is 9.86. The molecule has 3 heteroatoms. The van der Waals surface area contributed by atoms with Gasteiger partial charge in [-0.05, 0) is 57.2 Å². The van der Waals surface area contributed by atoms with Crippen LogP contribution >= 0.6 is 7.26 Å². The summed E-state index contributed by atoms with van der Waals surface area (Å²) in [5, 5.41) is 10.2. The molecule has 0 bridgehead atoms. The number of fused-ring (bicyclic) bond motifs is 1. The van der Waals surface area contributed by atoms with Crippen molar-refractivity contribution in [2.45, 2.75) is 52.6 Å². The van der Waals surface area contributed by atoms with E-state index >= 15 is 0 Å². The number of aromatic hydroxyl groups is 1. The number of phenolic OH excluding ortho intramolecular Hbond substituents is 1. The van der Waals surface area contributed by atoms with Crippen molar-refractivity contribution in [3.63, 3.8) is 0 Å². The van der Waals surface area contributed by atoms with E-state index in [4.69, 9.17) is 4.74 Å². The van der Waals surface area contributed by atoms with Gasteiger partial charge < -0.3 is 9.84 Å². The molecule has 0 unspecified atom stereocenters. The van der Waals surface area contributed by atoms with E-state index in [2.05, 4.69) is 33.8 Å². The highest BCUT2D eigenvalue weighted by Gasteiger charge is 2.36. The van der Waals surface area contributed by atoms with Gasteiger partial charge in [-0.25, -0.2) is 0 Å². The molecule has 0 spiro atoms. The first kappa shape index (κ1) is 16.6. The highest BCUT2D eigenvalue weighted by molar-refractivity contribution is 7.73. The van der Waals surface area contributed by atoms with Crippen LogP contribution in [0.3, 0.4) is 0 Å². The van der Waals surface area contributed by atoms with E-state index in [9.17, 15) is 5.11 Å². The summed E-state index contributed by atoms with van der Waals surface area (Å²) in [5.41, 5.74) is 4.21. The predicted molar refractivity (Wildman–Crippen MR) is 93.8 cm³/mol. The summed E-state index contributed by atoms with van der Waals surface area (Å²) in [4.78, 5) is 0. The van der Waals surface area contributed by atoms with Crippen LogP contribution in [0.15, 0.2) is 0 Å². The van der Waals surface area contributed by atoms with E-state index in [-0.39, 0.29) is 5.60 Å². The summed E-state index contributed by atoms with van der Waals surface area (Å²) in [5.74, 6) is 1.47. The largest absolute Gasteiger partial charge is 0.507 e. The maximum Gasteiger partial charge on any atom is 0.127 e. The standard InChI is InChI=1S/C18H29O2P/c1-12-13(2)17-15(14(3)16(12)19)8-9-18(4,20-17)10-11-21(5,6)7/h8-11H2,1-7H3/p+1/t18-/m1/s1. The van der Waals surface area contributed by atoms with Crippen molar-refractivity contribution in [3.05, 3.63) is 22.3 Å². The van der Waals surface area contributed by atoms with Gasteiger partial charge in [0.1, 0.15) is 17.1 Å². The molecule has 21 heavy (non-hydrogen) atoms. The van der Waals surface area contributed by atoms with Crippen LogP contribution < -0.4 is 4.74 Å². The second-order valence-corrected chi connectivity index (χ2v) is 12.9. The van der Waals surface area contributed by atoms with E-state index < -0.39 is 7.26 Å². The fraction of sp³-hybridized carbons (Fsp3) is 0.667. The van der Waals surface area contributed by atoms with Crippen molar-refractivity contribution < 1.29 is 9.84 Å². The minimum absolute atomic E-state index is 0.0547. The number of rotatable bonds is 3. The zero-order valence-corrected chi connectivity index (χ0v) is 15.5. The molecule has 1 N–H and O–H groups in total. The summed E-state index contributed by atoms with van der Waals surface area (Å²) in [6.07, 6.45) is 4.45. The quantitative estimate of drug-likeness (QED) is 0.820. The summed E-state index contributed by atoms with van der Waals surface area (Å²) in [7, 11) is -0.768. The van der Waals surface area contributed by atoms with Crippen molar-refractivity contribution in [2.24, 2.45) is 0 Å². The Balaban J connectivity index is 2.32. The molecule has 1 atom stereocenters. The fourth-order valence-corrected chi connectivity index (χ4v) is 4.19. The Bertz CT molecular complexity index is 558. The Morgan fingerprint density at radius 1 is 1.10 bits per heavy atom. The van der Waals surface area contributed by atoms with Crippen molar-refractivity contribution in [3.8, 4) is 11.5 Å². The number of ether oxygens (including phenoxy) is 1. The topological polar surface area (TPSA) is 29.5 Å². The van der Waals surface area contributed by atoms with E-state index in [1.54, 1.807) is 0 Å². The third-order valence-electron chi connectivity index (χ3n) is 4.90. The van der Waals surface area contributed by atoms with Gasteiger partial charge in [-0.1, -0.05) is 0 Å². The average Bonchev–Trinajstić information content (AvgIpc) is 2.40. The molecule has 0 radical (unpaired) electrons. The highest BCUT2D eigenvalue weighted by Crippen LogP contribution is 2.50. The molecule has 0 aliphatic carbocycles. The molecule has 2 rings (SSSR count). The van der Waals surface area contributed by atoms with Crippen LogP contribution in [0.2, 0.25) is 0 Å². The van der Waals surface area contributed by atoms with Gasteiger partial charge in [0.2, 0.25) is 0 Å². The normalized spacial score (nSPS) is 21.9. The summed E-state index contributed by atoms with van der Waals surface area (Å²) in [6, 6.07) is 0. The average molecular weight is 309 g/mol. The van der Waals surface area contributed by atoms with Gasteiger partial charge in [0.05, 0.1) is 6.16 Å². The first-order chi connectivity index (χ1) is 9.54. The van der Waals surface area contributed by atoms with Gasteiger partial charge in [-0.3, -0.25) is 0 Å². The molecule has 118 valence electrons. The summed E-state index contributed by atoms with van der Waals surface area (Å²) in [6.45, 7) is 15.5. The molecule has 2 nitrogen and oxygen atoms in total. The number of hydrogen-bond acceptors (Lipinski definition) is 2. The number of benzene rings is 1. The minimum atomic E-state index is -0.768. The van der Waals surface area contributed by atoms with Crippen molar-refractivity contribution in [1.82, 2.24) is 0 Å². The lowest BCUT2D eigenvalue weighted by Gasteiger charge is -2.38. The van der Waals surface area contributed by atoms with Gasteiger partial charge in [-0.15, -0.1) is 0 Å². The second kappa shape index (κ2) is 5.47. The monoisotopic (exact) mass is 309 g/mol. The molecular weight excluding hydrogens is 279 g/mol. The molecule has 0 saturated heterocycles. The zero-order valence-electron chi connectivity index (χ0n) is 14.6. The lowest BCUT2D eigenvalue weighted by Crippen LogP contribution is -2.38. The Kier molecular flexibility index (Phi) is 4.32. The van der Waals surface area contributed by atoms with Crippen LogP contribution in [0.25, 0.3) is 0 Å². The first-order valence-electron chi connectivity index (χ1n) is 7.85. The maximum atomic E-state index is 10.2. The van der Waals surface area contributed by atoms with Crippen LogP contribution in [0.5, 0.6) is 11.5 Å². The molecule has 1 aromatic carbocycles. The van der Waals surface area contributed by atoms with E-state index in [1.165, 1.54) is 11.7 Å². The smallest absolute Gasteiger partial charge is 0.127 e. The molecule has 1 aliphatic heterocycles. The van der Waals surface area contributed by atoms with Crippen molar-refractivity contribution in [2.75, 3.05) is 26.2 Å². The van der Waals surface area contributed by atoms with Crippen LogP contribution in [0, 0.1) is 20.8 Å². The molecular formula is C18H30O2P+. The summed E-state index contributed by atoms with van der Waals surface area (Å²) >= 11 is 0. The predicted octanol–water partition coefficient (Wildman–Crippen LogP) is 4.70. The Morgan fingerprint density at radius 2 is 1.71 bits per heavy atom. The lowest BCUT2D eigenvalue weighted by molar-refractivity contribution is 0.0607. The van der Waals surface area contributed by atoms with Crippen LogP contribution in [0.1, 0.15) is 42.0 Å². The van der Waals surface area contributed by atoms with E-state index in [0.717, 1.165) is 41.7 Å². The van der Waals surface area contributed by atoms with Gasteiger partial charge in [0.15, 0.2) is 0 Å². The van der Waals surface area contributed by atoms with E-state index in [1.807, 2.05) is 13.8 Å². The number of hydrogen-bond donors (Lipinski definition) is 1. The van der Waals surface area contributed by atoms with Crippen LogP contribution in [-0.2, 0) is 6.42 Å². The zero-order chi connectivity index (χ0) is 16.0. The molecule has 0 aromatic heterocycles. The second-order valence-electron chi connectivity index (χ2n) is 7.85. The highest BCUT2D eigenvalue weighted by atomic mass is 31.2. The molecule has 1 aliphatic rings. The molecule has 0 amide bonds. The fourth-order valence-electron chi connectivity index (χ4n) is 3.04. The van der Waals surface area contributed by atoms with Crippen molar-refractivity contribution >= 4 is 7.26 Å². The Morgan fingerprint density at radius 3 is 2.29 bits per heavy atom. The summed E-state index contributed by atoms with van der Waals surface area (Å²) < 4.78 is 6.47. The molecule has 0 saturated carbocycles. The van der Waals surface area contributed by atoms with Gasteiger partial charge in [-0.2, -0.15) is 0 Å². The maximum absolute atomic E-state index is 10.2. The van der Waals surface area contributed by atoms with Crippen LogP contribution in [-0.4, -0.2) is 36.9 Å². The molecule has 0 fully saturated rings. The Hall–Kier alpha value is -0.750. The van der Waals surface area contributed by atoms with Gasteiger partial charge in [0, 0.05) is 39.2 Å². The van der Waals surface area contributed by atoms with Gasteiger partial charge in [0.25, 0.3) is 0 Å². The minimum Gasteiger partial charge on any atom is -0.507 e. The van der Waals surface area contributed by atoms with Crippen molar-refractivity contribution in [1.29, 1.82) is 0 Å². The molecule has 1 heterocycles. The first-order valence-corrected chi connectivity index (χ1v) is 11.2. The van der Waals surface area contributed by atoms with Crippen LogP contribution in [0.4, 0.5) is 0 Å². The molecule has 1 aromatic rings.